The summed E-state index contributed by atoms with van der Waals surface area (Å²) in [6.45, 7) is 4.22. The second-order valence-corrected chi connectivity index (χ2v) is 2.55. The van der Waals surface area contributed by atoms with Crippen LogP contribution in [0.5, 0.6) is 5.75 Å². The Hall–Kier alpha value is -1.31. The monoisotopic (exact) mass is 163 g/mol. The molecule has 0 amide bonds. The van der Waals surface area contributed by atoms with Crippen molar-refractivity contribution < 1.29 is 4.74 Å². The van der Waals surface area contributed by atoms with E-state index in [1.807, 2.05) is 24.3 Å². The second-order valence-electron chi connectivity index (χ2n) is 2.55. The molecule has 0 aliphatic carbocycles. The van der Waals surface area contributed by atoms with Gasteiger partial charge < -0.3 is 9.73 Å². The highest BCUT2D eigenvalue weighted by Gasteiger charge is 1.92. The van der Waals surface area contributed by atoms with Gasteiger partial charge in [0.2, 0.25) is 0 Å². The third kappa shape index (κ3) is 2.38. The second kappa shape index (κ2) is 4.54. The average molecular weight is 163 g/mol. The van der Waals surface area contributed by atoms with Crippen LogP contribution < -0.4 is 4.74 Å². The number of benzene rings is 1. The standard InChI is InChI=1S/C10H13NO/c1-11-8-7-9-3-5-10(12-2)6-4-9/h3-6H,1,7-8H2,2H3. The lowest BCUT2D eigenvalue weighted by atomic mass is 10.1. The van der Waals surface area contributed by atoms with Gasteiger partial charge in [0, 0.05) is 6.54 Å². The van der Waals surface area contributed by atoms with E-state index in [1.54, 1.807) is 7.11 Å². The molecule has 1 aromatic carbocycles. The van der Waals surface area contributed by atoms with E-state index in [9.17, 15) is 0 Å². The van der Waals surface area contributed by atoms with Crippen molar-refractivity contribution in [3.05, 3.63) is 29.8 Å². The number of methoxy groups -OCH3 is 1. The maximum absolute atomic E-state index is 5.04. The summed E-state index contributed by atoms with van der Waals surface area (Å²) < 4.78 is 5.04. The molecule has 0 aromatic heterocycles. The Morgan fingerprint density at radius 1 is 1.33 bits per heavy atom. The first kappa shape index (κ1) is 8.78. The van der Waals surface area contributed by atoms with Crippen molar-refractivity contribution in [2.24, 2.45) is 4.99 Å². The van der Waals surface area contributed by atoms with Crippen LogP contribution in [0.1, 0.15) is 5.56 Å². The number of hydrogen-bond acceptors (Lipinski definition) is 2. The van der Waals surface area contributed by atoms with Gasteiger partial charge in [0.05, 0.1) is 7.11 Å². The molecule has 12 heavy (non-hydrogen) atoms. The summed E-state index contributed by atoms with van der Waals surface area (Å²) in [5.41, 5.74) is 1.27. The van der Waals surface area contributed by atoms with Gasteiger partial charge in [-0.3, -0.25) is 0 Å². The fraction of sp³-hybridized carbons (Fsp3) is 0.300. The molecule has 0 radical (unpaired) electrons. The van der Waals surface area contributed by atoms with E-state index < -0.39 is 0 Å². The molecule has 0 spiro atoms. The third-order valence-corrected chi connectivity index (χ3v) is 1.72. The number of hydrogen-bond donors (Lipinski definition) is 0. The van der Waals surface area contributed by atoms with Crippen molar-refractivity contribution in [2.45, 2.75) is 6.42 Å². The van der Waals surface area contributed by atoms with E-state index >= 15 is 0 Å². The van der Waals surface area contributed by atoms with Crippen molar-refractivity contribution in [1.82, 2.24) is 0 Å². The number of rotatable bonds is 4. The zero-order valence-corrected chi connectivity index (χ0v) is 7.29. The molecule has 0 heterocycles. The van der Waals surface area contributed by atoms with Gasteiger partial charge in [0.1, 0.15) is 5.75 Å². The average Bonchev–Trinajstić information content (AvgIpc) is 2.15. The fourth-order valence-corrected chi connectivity index (χ4v) is 1.00. The summed E-state index contributed by atoms with van der Waals surface area (Å²) in [4.78, 5) is 3.79. The molecular formula is C10H13NO. The Labute approximate surface area is 72.9 Å². The van der Waals surface area contributed by atoms with Crippen LogP contribution in [-0.4, -0.2) is 20.4 Å². The van der Waals surface area contributed by atoms with Crippen LogP contribution in [0.2, 0.25) is 0 Å². The Kier molecular flexibility index (Phi) is 3.33. The minimum atomic E-state index is 0.784. The van der Waals surface area contributed by atoms with Crippen molar-refractivity contribution in [1.29, 1.82) is 0 Å². The zero-order chi connectivity index (χ0) is 8.81. The van der Waals surface area contributed by atoms with Gasteiger partial charge >= 0.3 is 0 Å². The van der Waals surface area contributed by atoms with Gasteiger partial charge in [-0.25, -0.2) is 0 Å². The Morgan fingerprint density at radius 3 is 2.50 bits per heavy atom. The summed E-state index contributed by atoms with van der Waals surface area (Å²) in [6.07, 6.45) is 0.952. The molecule has 0 bridgehead atoms. The Bertz CT molecular complexity index is 241. The minimum absolute atomic E-state index is 0.784. The quantitative estimate of drug-likeness (QED) is 0.621. The van der Waals surface area contributed by atoms with Gasteiger partial charge in [-0.2, -0.15) is 0 Å². The number of ether oxygens (including phenoxy) is 1. The van der Waals surface area contributed by atoms with Crippen LogP contribution in [0.4, 0.5) is 0 Å². The highest BCUT2D eigenvalue weighted by atomic mass is 16.5. The molecule has 0 atom stereocenters. The van der Waals surface area contributed by atoms with E-state index in [4.69, 9.17) is 4.74 Å². The van der Waals surface area contributed by atoms with E-state index in [1.165, 1.54) is 5.56 Å². The van der Waals surface area contributed by atoms with Gasteiger partial charge in [-0.15, -0.1) is 0 Å². The van der Waals surface area contributed by atoms with Crippen molar-refractivity contribution >= 4 is 6.72 Å². The number of nitrogens with zero attached hydrogens (tertiary/aromatic N) is 1. The third-order valence-electron chi connectivity index (χ3n) is 1.72. The maximum atomic E-state index is 5.04. The summed E-state index contributed by atoms with van der Waals surface area (Å²) in [5, 5.41) is 0. The molecule has 0 saturated heterocycles. The van der Waals surface area contributed by atoms with Gasteiger partial charge in [0.25, 0.3) is 0 Å². The van der Waals surface area contributed by atoms with Crippen LogP contribution in [0, 0.1) is 0 Å². The lowest BCUT2D eigenvalue weighted by molar-refractivity contribution is 0.414. The molecule has 0 aliphatic rings. The molecule has 64 valence electrons. The van der Waals surface area contributed by atoms with Crippen LogP contribution in [0.25, 0.3) is 0 Å². The molecule has 0 saturated carbocycles. The molecule has 1 rings (SSSR count). The van der Waals surface area contributed by atoms with Gasteiger partial charge in [0.15, 0.2) is 0 Å². The molecule has 0 N–H and O–H groups in total. The first-order valence-corrected chi connectivity index (χ1v) is 3.92. The van der Waals surface area contributed by atoms with E-state index in [0.29, 0.717) is 0 Å². The minimum Gasteiger partial charge on any atom is -0.497 e. The largest absolute Gasteiger partial charge is 0.497 e. The fourth-order valence-electron chi connectivity index (χ4n) is 1.00. The maximum Gasteiger partial charge on any atom is 0.118 e. The summed E-state index contributed by atoms with van der Waals surface area (Å²) in [5.74, 6) is 0.894. The van der Waals surface area contributed by atoms with Crippen molar-refractivity contribution in [2.75, 3.05) is 13.7 Å². The van der Waals surface area contributed by atoms with Crippen LogP contribution in [0.3, 0.4) is 0 Å². The first-order valence-electron chi connectivity index (χ1n) is 3.92. The van der Waals surface area contributed by atoms with E-state index in [0.717, 1.165) is 18.7 Å². The van der Waals surface area contributed by atoms with Crippen molar-refractivity contribution in [3.63, 3.8) is 0 Å². The summed E-state index contributed by atoms with van der Waals surface area (Å²) in [6, 6.07) is 8.00. The highest BCUT2D eigenvalue weighted by molar-refractivity contribution is 5.28. The van der Waals surface area contributed by atoms with Crippen molar-refractivity contribution in [3.8, 4) is 5.75 Å². The molecule has 0 fully saturated rings. The molecular weight excluding hydrogens is 150 g/mol. The highest BCUT2D eigenvalue weighted by Crippen LogP contribution is 2.11. The predicted octanol–water partition coefficient (Wildman–Crippen LogP) is 1.94. The number of aliphatic imine (C=N–C) groups is 1. The predicted molar refractivity (Wildman–Crippen MR) is 51.1 cm³/mol. The smallest absolute Gasteiger partial charge is 0.118 e. The first-order chi connectivity index (χ1) is 5.86. The zero-order valence-electron chi connectivity index (χ0n) is 7.29. The van der Waals surface area contributed by atoms with Gasteiger partial charge in [-0.1, -0.05) is 12.1 Å². The summed E-state index contributed by atoms with van der Waals surface area (Å²) >= 11 is 0. The van der Waals surface area contributed by atoms with Crippen LogP contribution >= 0.6 is 0 Å². The SMILES string of the molecule is C=NCCc1ccc(OC)cc1. The molecule has 2 heteroatoms. The molecule has 1 aromatic rings. The van der Waals surface area contributed by atoms with E-state index in [2.05, 4.69) is 11.7 Å². The van der Waals surface area contributed by atoms with Crippen LogP contribution in [0.15, 0.2) is 29.3 Å². The topological polar surface area (TPSA) is 21.6 Å². The summed E-state index contributed by atoms with van der Waals surface area (Å²) in [7, 11) is 1.67. The molecule has 0 unspecified atom stereocenters. The normalized spacial score (nSPS) is 9.42. The molecule has 2 nitrogen and oxygen atoms in total. The lowest BCUT2D eigenvalue weighted by Gasteiger charge is -2.00. The Balaban J connectivity index is 2.58. The Morgan fingerprint density at radius 2 is 2.00 bits per heavy atom. The lowest BCUT2D eigenvalue weighted by Crippen LogP contribution is -1.89. The van der Waals surface area contributed by atoms with Crippen LogP contribution in [-0.2, 0) is 6.42 Å². The van der Waals surface area contributed by atoms with Gasteiger partial charge in [-0.05, 0) is 30.8 Å². The van der Waals surface area contributed by atoms with E-state index in [-0.39, 0.29) is 0 Å². The molecule has 0 aliphatic heterocycles.